The minimum Gasteiger partial charge on any atom is -0.355 e. The fraction of sp³-hybridized carbons (Fsp3) is 0.417. The molecule has 0 aliphatic rings. The Hall–Kier alpha value is -2.94. The van der Waals surface area contributed by atoms with E-state index in [4.69, 9.17) is 0 Å². The summed E-state index contributed by atoms with van der Waals surface area (Å²) < 4.78 is 39.9. The first-order valence-electron chi connectivity index (χ1n) is 10.8. The molecule has 2 aromatic rings. The minimum absolute atomic E-state index is 0.0408. The van der Waals surface area contributed by atoms with Crippen molar-refractivity contribution in [3.8, 4) is 0 Å². The van der Waals surface area contributed by atoms with Gasteiger partial charge < -0.3 is 10.2 Å². The van der Waals surface area contributed by atoms with Crippen molar-refractivity contribution in [1.82, 2.24) is 10.2 Å². The van der Waals surface area contributed by atoms with Crippen LogP contribution in [0.2, 0.25) is 0 Å². The Morgan fingerprint density at radius 3 is 2.09 bits per heavy atom. The van der Waals surface area contributed by atoms with E-state index in [9.17, 15) is 22.4 Å². The van der Waals surface area contributed by atoms with Crippen LogP contribution in [0.3, 0.4) is 0 Å². The number of halogens is 1. The average molecular weight is 478 g/mol. The standard InChI is InChI=1S/C24H32FN3O4S/c1-6-21(24(30)26-7-2)27(15-19-11-13-20(25)14-12-19)22(29)16-28(33(5,31)32)23-17(3)9-8-10-18(23)4/h8-14,21H,6-7,15-16H2,1-5H3,(H,26,30)/t21-/m1/s1. The van der Waals surface area contributed by atoms with Gasteiger partial charge in [-0.3, -0.25) is 13.9 Å². The molecule has 1 N–H and O–H groups in total. The quantitative estimate of drug-likeness (QED) is 0.570. The topological polar surface area (TPSA) is 86.8 Å². The number of aryl methyl sites for hydroxylation is 2. The number of hydrogen-bond acceptors (Lipinski definition) is 4. The van der Waals surface area contributed by atoms with E-state index in [-0.39, 0.29) is 12.5 Å². The molecule has 0 spiro atoms. The van der Waals surface area contributed by atoms with E-state index in [1.54, 1.807) is 52.0 Å². The number of benzene rings is 2. The van der Waals surface area contributed by atoms with Crippen LogP contribution >= 0.6 is 0 Å². The summed E-state index contributed by atoms with van der Waals surface area (Å²) in [7, 11) is -3.80. The van der Waals surface area contributed by atoms with Crippen LogP contribution in [0.15, 0.2) is 42.5 Å². The third kappa shape index (κ3) is 6.77. The normalized spacial score (nSPS) is 12.2. The lowest BCUT2D eigenvalue weighted by molar-refractivity contribution is -0.140. The summed E-state index contributed by atoms with van der Waals surface area (Å²) in [5.74, 6) is -1.26. The second-order valence-electron chi connectivity index (χ2n) is 7.98. The first-order chi connectivity index (χ1) is 15.5. The molecule has 180 valence electrons. The smallest absolute Gasteiger partial charge is 0.244 e. The number of para-hydroxylation sites is 1. The van der Waals surface area contributed by atoms with Crippen molar-refractivity contribution in [2.45, 2.75) is 46.7 Å². The molecule has 0 aliphatic heterocycles. The van der Waals surface area contributed by atoms with Gasteiger partial charge in [0.1, 0.15) is 18.4 Å². The van der Waals surface area contributed by atoms with E-state index in [2.05, 4.69) is 5.32 Å². The predicted molar refractivity (Wildman–Crippen MR) is 128 cm³/mol. The molecule has 9 heteroatoms. The largest absolute Gasteiger partial charge is 0.355 e. The number of nitrogens with zero attached hydrogens (tertiary/aromatic N) is 2. The van der Waals surface area contributed by atoms with Gasteiger partial charge in [-0.1, -0.05) is 37.3 Å². The fourth-order valence-electron chi connectivity index (χ4n) is 3.77. The second-order valence-corrected chi connectivity index (χ2v) is 9.88. The van der Waals surface area contributed by atoms with Crippen LogP contribution in [0.4, 0.5) is 10.1 Å². The number of hydrogen-bond donors (Lipinski definition) is 1. The summed E-state index contributed by atoms with van der Waals surface area (Å²) >= 11 is 0. The van der Waals surface area contributed by atoms with Crippen LogP contribution in [-0.2, 0) is 26.2 Å². The molecule has 2 aromatic carbocycles. The molecule has 0 radical (unpaired) electrons. The van der Waals surface area contributed by atoms with Gasteiger partial charge in [0.2, 0.25) is 21.8 Å². The van der Waals surface area contributed by atoms with E-state index >= 15 is 0 Å². The number of carbonyl (C=O) groups excluding carboxylic acids is 2. The number of anilines is 1. The Kier molecular flexibility index (Phi) is 8.99. The van der Waals surface area contributed by atoms with Gasteiger partial charge in [-0.2, -0.15) is 0 Å². The molecule has 2 amide bonds. The number of rotatable bonds is 10. The summed E-state index contributed by atoms with van der Waals surface area (Å²) in [6.45, 7) is 7.11. The molecule has 0 bridgehead atoms. The Labute approximate surface area is 195 Å². The van der Waals surface area contributed by atoms with Crippen molar-refractivity contribution in [2.75, 3.05) is 23.7 Å². The van der Waals surface area contributed by atoms with Crippen LogP contribution < -0.4 is 9.62 Å². The summed E-state index contributed by atoms with van der Waals surface area (Å²) in [5, 5.41) is 2.74. The average Bonchev–Trinajstić information content (AvgIpc) is 2.73. The fourth-order valence-corrected chi connectivity index (χ4v) is 4.74. The summed E-state index contributed by atoms with van der Waals surface area (Å²) in [6, 6.07) is 10.2. The van der Waals surface area contributed by atoms with E-state index in [0.29, 0.717) is 35.3 Å². The van der Waals surface area contributed by atoms with E-state index < -0.39 is 34.3 Å². The van der Waals surface area contributed by atoms with Gasteiger partial charge in [-0.25, -0.2) is 12.8 Å². The van der Waals surface area contributed by atoms with Crippen LogP contribution in [0.1, 0.15) is 37.0 Å². The molecule has 33 heavy (non-hydrogen) atoms. The highest BCUT2D eigenvalue weighted by Crippen LogP contribution is 2.27. The van der Waals surface area contributed by atoms with Gasteiger partial charge >= 0.3 is 0 Å². The van der Waals surface area contributed by atoms with Crippen LogP contribution in [0.25, 0.3) is 0 Å². The number of amides is 2. The lowest BCUT2D eigenvalue weighted by Crippen LogP contribution is -2.52. The second kappa shape index (κ2) is 11.3. The highest BCUT2D eigenvalue weighted by atomic mass is 32.2. The number of nitrogens with one attached hydrogen (secondary N) is 1. The molecule has 0 heterocycles. The van der Waals surface area contributed by atoms with Crippen molar-refractivity contribution >= 4 is 27.5 Å². The van der Waals surface area contributed by atoms with Gasteiger partial charge in [-0.15, -0.1) is 0 Å². The highest BCUT2D eigenvalue weighted by molar-refractivity contribution is 7.92. The Morgan fingerprint density at radius 2 is 1.61 bits per heavy atom. The van der Waals surface area contributed by atoms with Gasteiger partial charge in [0.05, 0.1) is 11.9 Å². The van der Waals surface area contributed by atoms with Crippen molar-refractivity contribution in [3.05, 3.63) is 65.0 Å². The molecule has 0 unspecified atom stereocenters. The van der Waals surface area contributed by atoms with Crippen molar-refractivity contribution in [3.63, 3.8) is 0 Å². The van der Waals surface area contributed by atoms with Crippen LogP contribution in [0.5, 0.6) is 0 Å². The van der Waals surface area contributed by atoms with Gasteiger partial charge in [0.15, 0.2) is 0 Å². The minimum atomic E-state index is -3.80. The van der Waals surface area contributed by atoms with Crippen molar-refractivity contribution < 1.29 is 22.4 Å². The Balaban J connectivity index is 2.48. The summed E-state index contributed by atoms with van der Waals surface area (Å²) in [4.78, 5) is 27.6. The molecule has 0 saturated heterocycles. The van der Waals surface area contributed by atoms with Crippen LogP contribution in [-0.4, -0.2) is 50.5 Å². The number of carbonyl (C=O) groups is 2. The van der Waals surface area contributed by atoms with E-state index in [0.717, 1.165) is 10.6 Å². The zero-order valence-electron chi connectivity index (χ0n) is 19.8. The van der Waals surface area contributed by atoms with Gasteiger partial charge in [0, 0.05) is 13.1 Å². The molecule has 0 aliphatic carbocycles. The predicted octanol–water partition coefficient (Wildman–Crippen LogP) is 3.15. The van der Waals surface area contributed by atoms with Gasteiger partial charge in [-0.05, 0) is 56.0 Å². The van der Waals surface area contributed by atoms with Crippen molar-refractivity contribution in [1.29, 1.82) is 0 Å². The molecule has 0 saturated carbocycles. The third-order valence-electron chi connectivity index (χ3n) is 5.37. The van der Waals surface area contributed by atoms with E-state index in [1.165, 1.54) is 17.0 Å². The molecule has 1 atom stereocenters. The van der Waals surface area contributed by atoms with Crippen LogP contribution in [0, 0.1) is 19.7 Å². The Morgan fingerprint density at radius 1 is 1.03 bits per heavy atom. The third-order valence-corrected chi connectivity index (χ3v) is 6.48. The maximum absolute atomic E-state index is 13.5. The number of likely N-dealkylation sites (N-methyl/N-ethyl adjacent to an activating group) is 1. The molecule has 2 rings (SSSR count). The zero-order chi connectivity index (χ0) is 24.8. The lowest BCUT2D eigenvalue weighted by Gasteiger charge is -2.33. The SMILES string of the molecule is CCNC(=O)[C@@H](CC)N(Cc1ccc(F)cc1)C(=O)CN(c1c(C)cccc1C)S(C)(=O)=O. The zero-order valence-corrected chi connectivity index (χ0v) is 20.6. The maximum atomic E-state index is 13.5. The summed E-state index contributed by atoms with van der Waals surface area (Å²) in [5.41, 5.74) is 2.51. The monoisotopic (exact) mass is 477 g/mol. The molecule has 0 aromatic heterocycles. The first kappa shape index (κ1) is 26.3. The number of sulfonamides is 1. The molecule has 0 fully saturated rings. The molecule has 7 nitrogen and oxygen atoms in total. The van der Waals surface area contributed by atoms with E-state index in [1.807, 2.05) is 6.07 Å². The lowest BCUT2D eigenvalue weighted by atomic mass is 10.1. The highest BCUT2D eigenvalue weighted by Gasteiger charge is 2.32. The molecular weight excluding hydrogens is 445 g/mol. The molecular formula is C24H32FN3O4S. The summed E-state index contributed by atoms with van der Waals surface area (Å²) in [6.07, 6.45) is 1.39. The Bertz CT molecular complexity index is 1070. The van der Waals surface area contributed by atoms with Gasteiger partial charge in [0.25, 0.3) is 0 Å². The maximum Gasteiger partial charge on any atom is 0.244 e. The first-order valence-corrected chi connectivity index (χ1v) is 12.7. The van der Waals surface area contributed by atoms with Crippen molar-refractivity contribution in [2.24, 2.45) is 0 Å².